The van der Waals surface area contributed by atoms with Crippen molar-refractivity contribution in [3.8, 4) is 0 Å². The van der Waals surface area contributed by atoms with Crippen molar-refractivity contribution in [3.05, 3.63) is 56.4 Å². The molecule has 2 aromatic rings. The van der Waals surface area contributed by atoms with Gasteiger partial charge in [-0.05, 0) is 6.92 Å². The normalized spacial score (nSPS) is 10.4. The van der Waals surface area contributed by atoms with E-state index in [1.54, 1.807) is 12.4 Å². The first-order valence-electron chi connectivity index (χ1n) is 6.23. The molecule has 0 radical (unpaired) electrons. The summed E-state index contributed by atoms with van der Waals surface area (Å²) in [5.41, 5.74) is 0.283. The van der Waals surface area contributed by atoms with Crippen LogP contribution in [0.25, 0.3) is 0 Å². The van der Waals surface area contributed by atoms with Crippen molar-refractivity contribution in [3.63, 3.8) is 0 Å². The topological polar surface area (TPSA) is 98.9 Å². The number of nitrogens with one attached hydrogen (secondary N) is 1. The van der Waals surface area contributed by atoms with Crippen molar-refractivity contribution in [2.45, 2.75) is 13.5 Å². The van der Waals surface area contributed by atoms with Gasteiger partial charge in [0, 0.05) is 26.4 Å². The lowest BCUT2D eigenvalue weighted by molar-refractivity contribution is 0.0940. The molecule has 0 aromatic carbocycles. The van der Waals surface area contributed by atoms with E-state index in [1.807, 2.05) is 6.92 Å². The number of rotatable bonds is 3. The van der Waals surface area contributed by atoms with Crippen LogP contribution in [0.4, 0.5) is 0 Å². The van der Waals surface area contributed by atoms with Gasteiger partial charge in [-0.1, -0.05) is 0 Å². The van der Waals surface area contributed by atoms with E-state index in [0.29, 0.717) is 5.69 Å². The molecule has 1 amide bonds. The fourth-order valence-electron chi connectivity index (χ4n) is 1.72. The van der Waals surface area contributed by atoms with Crippen LogP contribution < -0.4 is 16.6 Å². The third kappa shape index (κ3) is 3.04. The maximum Gasteiger partial charge on any atom is 0.331 e. The van der Waals surface area contributed by atoms with E-state index in [4.69, 9.17) is 0 Å². The van der Waals surface area contributed by atoms with Crippen molar-refractivity contribution in [1.29, 1.82) is 0 Å². The van der Waals surface area contributed by atoms with E-state index in [-0.39, 0.29) is 12.2 Å². The van der Waals surface area contributed by atoms with Crippen LogP contribution in [0, 0.1) is 6.92 Å². The summed E-state index contributed by atoms with van der Waals surface area (Å²) in [5.74, 6) is -0.519. The molecule has 0 aliphatic heterocycles. The number of nitrogens with zero attached hydrogens (tertiary/aromatic N) is 4. The van der Waals surface area contributed by atoms with Crippen LogP contribution >= 0.6 is 0 Å². The van der Waals surface area contributed by atoms with Crippen LogP contribution in [0.15, 0.2) is 28.0 Å². The van der Waals surface area contributed by atoms with Crippen LogP contribution in [0.1, 0.15) is 21.9 Å². The Bertz CT molecular complexity index is 789. The molecule has 0 unspecified atom stereocenters. The van der Waals surface area contributed by atoms with Crippen LogP contribution in [-0.4, -0.2) is 25.0 Å². The summed E-state index contributed by atoms with van der Waals surface area (Å²) >= 11 is 0. The van der Waals surface area contributed by atoms with Crippen LogP contribution in [-0.2, 0) is 20.6 Å². The first-order chi connectivity index (χ1) is 9.90. The molecule has 0 aliphatic rings. The molecule has 0 saturated heterocycles. The first kappa shape index (κ1) is 14.6. The highest BCUT2D eigenvalue weighted by Gasteiger charge is 2.13. The molecule has 0 fully saturated rings. The average molecular weight is 289 g/mol. The zero-order valence-corrected chi connectivity index (χ0v) is 12.0. The lowest BCUT2D eigenvalue weighted by Crippen LogP contribution is -2.41. The minimum Gasteiger partial charge on any atom is -0.345 e. The van der Waals surface area contributed by atoms with E-state index < -0.39 is 17.2 Å². The largest absolute Gasteiger partial charge is 0.345 e. The predicted molar refractivity (Wildman–Crippen MR) is 74.9 cm³/mol. The highest BCUT2D eigenvalue weighted by Crippen LogP contribution is 1.96. The molecule has 0 spiro atoms. The summed E-state index contributed by atoms with van der Waals surface area (Å²) in [4.78, 5) is 43.5. The van der Waals surface area contributed by atoms with Gasteiger partial charge in [0.15, 0.2) is 0 Å². The van der Waals surface area contributed by atoms with Gasteiger partial charge >= 0.3 is 5.69 Å². The van der Waals surface area contributed by atoms with Crippen LogP contribution in [0.5, 0.6) is 0 Å². The third-order valence-corrected chi connectivity index (χ3v) is 3.02. The maximum absolute atomic E-state index is 12.1. The second-order valence-corrected chi connectivity index (χ2v) is 4.60. The Kier molecular flexibility index (Phi) is 3.97. The van der Waals surface area contributed by atoms with Crippen molar-refractivity contribution >= 4 is 5.91 Å². The third-order valence-electron chi connectivity index (χ3n) is 3.02. The van der Waals surface area contributed by atoms with Gasteiger partial charge in [-0.2, -0.15) is 0 Å². The summed E-state index contributed by atoms with van der Waals surface area (Å²) in [6, 6.07) is 1.12. The average Bonchev–Trinajstić information content (AvgIpc) is 2.48. The van der Waals surface area contributed by atoms with E-state index in [2.05, 4.69) is 15.3 Å². The van der Waals surface area contributed by atoms with Gasteiger partial charge in [0.05, 0.1) is 24.1 Å². The summed E-state index contributed by atoms with van der Waals surface area (Å²) in [6.07, 6.45) is 3.15. The minimum absolute atomic E-state index is 0.00294. The van der Waals surface area contributed by atoms with Crippen molar-refractivity contribution in [2.24, 2.45) is 14.1 Å². The summed E-state index contributed by atoms with van der Waals surface area (Å²) < 4.78 is 2.06. The molecule has 0 aliphatic carbocycles. The molecular formula is C13H15N5O3. The highest BCUT2D eigenvalue weighted by molar-refractivity contribution is 5.92. The molecule has 2 rings (SSSR count). The molecule has 0 atom stereocenters. The minimum atomic E-state index is -0.553. The zero-order valence-electron chi connectivity index (χ0n) is 12.0. The fourth-order valence-corrected chi connectivity index (χ4v) is 1.72. The molecule has 21 heavy (non-hydrogen) atoms. The summed E-state index contributed by atoms with van der Waals surface area (Å²) in [7, 11) is 2.79. The molecule has 0 saturated carbocycles. The van der Waals surface area contributed by atoms with Crippen molar-refractivity contribution < 1.29 is 4.79 Å². The van der Waals surface area contributed by atoms with Gasteiger partial charge in [-0.15, -0.1) is 0 Å². The fraction of sp³-hybridized carbons (Fsp3) is 0.308. The number of aromatic nitrogens is 4. The predicted octanol–water partition coefficient (Wildman–Crippen LogP) is -0.888. The number of hydrogen-bond acceptors (Lipinski definition) is 5. The van der Waals surface area contributed by atoms with Crippen LogP contribution in [0.3, 0.4) is 0 Å². The molecule has 2 aromatic heterocycles. The van der Waals surface area contributed by atoms with Crippen LogP contribution in [0.2, 0.25) is 0 Å². The zero-order chi connectivity index (χ0) is 15.6. The van der Waals surface area contributed by atoms with Crippen molar-refractivity contribution in [1.82, 2.24) is 24.4 Å². The van der Waals surface area contributed by atoms with Gasteiger partial charge in [-0.3, -0.25) is 28.7 Å². The van der Waals surface area contributed by atoms with E-state index >= 15 is 0 Å². The molecule has 0 bridgehead atoms. The van der Waals surface area contributed by atoms with Gasteiger partial charge in [-0.25, -0.2) is 4.79 Å². The first-order valence-corrected chi connectivity index (χ1v) is 6.23. The van der Waals surface area contributed by atoms with E-state index in [9.17, 15) is 14.4 Å². The number of amides is 1. The molecule has 110 valence electrons. The quantitative estimate of drug-likeness (QED) is 0.790. The highest BCUT2D eigenvalue weighted by atomic mass is 16.2. The van der Waals surface area contributed by atoms with Gasteiger partial charge in [0.2, 0.25) is 0 Å². The number of hydrogen-bond donors (Lipinski definition) is 1. The Hall–Kier alpha value is -2.77. The molecule has 1 N–H and O–H groups in total. The summed E-state index contributed by atoms with van der Waals surface area (Å²) in [6.45, 7) is 1.97. The molecular weight excluding hydrogens is 274 g/mol. The molecule has 2 heterocycles. The monoisotopic (exact) mass is 289 g/mol. The smallest absolute Gasteiger partial charge is 0.331 e. The number of aryl methyl sites for hydroxylation is 1. The Morgan fingerprint density at radius 1 is 1.19 bits per heavy atom. The molecule has 8 nitrogen and oxygen atoms in total. The second-order valence-electron chi connectivity index (χ2n) is 4.60. The van der Waals surface area contributed by atoms with Crippen molar-refractivity contribution in [2.75, 3.05) is 0 Å². The van der Waals surface area contributed by atoms with Gasteiger partial charge in [0.1, 0.15) is 5.69 Å². The molecule has 8 heteroatoms. The lowest BCUT2D eigenvalue weighted by Gasteiger charge is -2.09. The second kappa shape index (κ2) is 5.70. The Morgan fingerprint density at radius 3 is 2.52 bits per heavy atom. The Morgan fingerprint density at radius 2 is 1.90 bits per heavy atom. The number of carbonyl (C=O) groups is 1. The SMILES string of the molecule is Cc1cnc(CNC(=O)c2cc(=O)n(C)c(=O)n2C)cn1. The number of carbonyl (C=O) groups excluding carboxylic acids is 1. The van der Waals surface area contributed by atoms with E-state index in [0.717, 1.165) is 20.9 Å². The summed E-state index contributed by atoms with van der Waals surface area (Å²) in [5, 5.41) is 2.60. The van der Waals surface area contributed by atoms with Gasteiger partial charge < -0.3 is 5.32 Å². The maximum atomic E-state index is 12.1. The lowest BCUT2D eigenvalue weighted by atomic mass is 10.3. The Balaban J connectivity index is 2.20. The Labute approximate surface area is 120 Å². The standard InChI is InChI=1S/C13H15N5O3/c1-8-5-15-9(6-14-8)7-16-12(20)10-4-11(19)18(3)13(21)17(10)2/h4-6H,7H2,1-3H3,(H,16,20). The van der Waals surface area contributed by atoms with E-state index in [1.165, 1.54) is 14.1 Å². The van der Waals surface area contributed by atoms with Gasteiger partial charge in [0.25, 0.3) is 11.5 Å².